The molecule has 1 aliphatic heterocycles. The van der Waals surface area contributed by atoms with Gasteiger partial charge in [0.1, 0.15) is 11.6 Å². The second-order valence-electron chi connectivity index (χ2n) is 7.73. The molecule has 2 N–H and O–H groups in total. The van der Waals surface area contributed by atoms with Crippen LogP contribution < -0.4 is 10.6 Å². The van der Waals surface area contributed by atoms with Crippen molar-refractivity contribution in [3.05, 3.63) is 71.9 Å². The zero-order valence-electron chi connectivity index (χ0n) is 18.0. The number of amides is 1. The number of anilines is 1. The Morgan fingerprint density at radius 3 is 2.59 bits per heavy atom. The minimum atomic E-state index is -0.923. The van der Waals surface area contributed by atoms with Gasteiger partial charge in [-0.25, -0.2) is 14.4 Å². The highest BCUT2D eigenvalue weighted by Gasteiger charge is 2.43. The summed E-state index contributed by atoms with van der Waals surface area (Å²) in [5.74, 6) is 0.748. The summed E-state index contributed by atoms with van der Waals surface area (Å²) in [5, 5.41) is 6.06. The van der Waals surface area contributed by atoms with E-state index in [0.29, 0.717) is 56.2 Å². The van der Waals surface area contributed by atoms with E-state index in [1.165, 1.54) is 6.07 Å². The van der Waals surface area contributed by atoms with Crippen molar-refractivity contribution in [1.29, 1.82) is 0 Å². The first-order chi connectivity index (χ1) is 15.6. The van der Waals surface area contributed by atoms with E-state index < -0.39 is 5.41 Å². The molecule has 3 heterocycles. The van der Waals surface area contributed by atoms with Crippen molar-refractivity contribution in [2.24, 2.45) is 0 Å². The summed E-state index contributed by atoms with van der Waals surface area (Å²) in [6.07, 6.45) is 4.80. The maximum atomic E-state index is 14.6. The van der Waals surface area contributed by atoms with Crippen LogP contribution in [0, 0.1) is 5.82 Å². The Kier molecular flexibility index (Phi) is 6.70. The molecule has 2 aromatic heterocycles. The molecule has 8 heteroatoms. The van der Waals surface area contributed by atoms with Crippen LogP contribution in [0.25, 0.3) is 11.4 Å². The molecule has 3 aromatic rings. The zero-order valence-corrected chi connectivity index (χ0v) is 18.0. The van der Waals surface area contributed by atoms with Crippen molar-refractivity contribution >= 4 is 11.7 Å². The van der Waals surface area contributed by atoms with E-state index >= 15 is 0 Å². The fourth-order valence-corrected chi connectivity index (χ4v) is 4.04. The Labute approximate surface area is 186 Å². The number of aromatic nitrogens is 3. The van der Waals surface area contributed by atoms with Crippen molar-refractivity contribution in [3.63, 3.8) is 0 Å². The number of hydrogen-bond donors (Lipinski definition) is 2. The lowest BCUT2D eigenvalue weighted by atomic mass is 9.73. The molecule has 1 amide bonds. The van der Waals surface area contributed by atoms with Gasteiger partial charge in [-0.3, -0.25) is 9.78 Å². The third-order valence-electron chi connectivity index (χ3n) is 5.81. The molecule has 1 saturated heterocycles. The van der Waals surface area contributed by atoms with Crippen LogP contribution in [0.1, 0.15) is 24.1 Å². The van der Waals surface area contributed by atoms with Gasteiger partial charge in [0.05, 0.1) is 5.41 Å². The second-order valence-corrected chi connectivity index (χ2v) is 7.73. The number of ether oxygens (including phenoxy) is 1. The molecular formula is C24H26FN5O2. The van der Waals surface area contributed by atoms with Gasteiger partial charge in [-0.1, -0.05) is 18.2 Å². The summed E-state index contributed by atoms with van der Waals surface area (Å²) in [6, 6.07) is 12.1. The molecule has 0 radical (unpaired) electrons. The molecule has 0 unspecified atom stereocenters. The van der Waals surface area contributed by atoms with Crippen LogP contribution in [0.5, 0.6) is 0 Å². The van der Waals surface area contributed by atoms with E-state index in [0.717, 1.165) is 11.3 Å². The standard InChI is InChI=1S/C24H26FN5O2/c1-26-21-16-18(29-22(30-21)17-6-11-27-12-7-17)8-13-28-23(31)24(9-14-32-15-10-24)19-4-2-3-5-20(19)25/h2-7,11-12,16H,8-10,13-15H2,1H3,(H,28,31)(H,26,29,30). The number of nitrogens with one attached hydrogen (secondary N) is 2. The summed E-state index contributed by atoms with van der Waals surface area (Å²) in [5.41, 5.74) is 1.17. The van der Waals surface area contributed by atoms with Gasteiger partial charge >= 0.3 is 0 Å². The van der Waals surface area contributed by atoms with Crippen LogP contribution in [0.15, 0.2) is 54.9 Å². The average molecular weight is 436 g/mol. The first kappa shape index (κ1) is 21.8. The Balaban J connectivity index is 1.50. The Bertz CT molecular complexity index is 1070. The lowest BCUT2D eigenvalue weighted by Crippen LogP contribution is -2.49. The first-order valence-corrected chi connectivity index (χ1v) is 10.7. The number of halogens is 1. The molecule has 1 fully saturated rings. The van der Waals surface area contributed by atoms with Gasteiger partial charge in [-0.2, -0.15) is 0 Å². The molecule has 0 atom stereocenters. The molecule has 0 bridgehead atoms. The highest BCUT2D eigenvalue weighted by molar-refractivity contribution is 5.88. The number of benzene rings is 1. The van der Waals surface area contributed by atoms with E-state index in [1.807, 2.05) is 18.2 Å². The van der Waals surface area contributed by atoms with Gasteiger partial charge in [-0.05, 0) is 31.0 Å². The Hall–Kier alpha value is -3.39. The molecule has 0 saturated carbocycles. The molecule has 32 heavy (non-hydrogen) atoms. The first-order valence-electron chi connectivity index (χ1n) is 10.7. The van der Waals surface area contributed by atoms with Crippen molar-refractivity contribution in [1.82, 2.24) is 20.3 Å². The Morgan fingerprint density at radius 1 is 1.12 bits per heavy atom. The van der Waals surface area contributed by atoms with Crippen LogP contribution in [-0.4, -0.2) is 47.7 Å². The zero-order chi connectivity index (χ0) is 22.4. The molecule has 4 rings (SSSR count). The van der Waals surface area contributed by atoms with E-state index in [9.17, 15) is 9.18 Å². The SMILES string of the molecule is CNc1cc(CCNC(=O)C2(c3ccccc3F)CCOCC2)nc(-c2ccncc2)n1. The van der Waals surface area contributed by atoms with Crippen LogP contribution in [-0.2, 0) is 21.4 Å². The van der Waals surface area contributed by atoms with Crippen molar-refractivity contribution in [2.75, 3.05) is 32.1 Å². The summed E-state index contributed by atoms with van der Waals surface area (Å²) in [7, 11) is 1.80. The van der Waals surface area contributed by atoms with Gasteiger partial charge in [0.2, 0.25) is 5.91 Å². The maximum absolute atomic E-state index is 14.6. The molecule has 1 aliphatic rings. The fourth-order valence-electron chi connectivity index (χ4n) is 4.04. The third kappa shape index (κ3) is 4.60. The molecule has 1 aromatic carbocycles. The number of pyridine rings is 1. The summed E-state index contributed by atoms with van der Waals surface area (Å²) in [4.78, 5) is 26.5. The highest BCUT2D eigenvalue weighted by atomic mass is 19.1. The lowest BCUT2D eigenvalue weighted by molar-refractivity contribution is -0.130. The van der Waals surface area contributed by atoms with E-state index in [4.69, 9.17) is 4.74 Å². The van der Waals surface area contributed by atoms with E-state index in [-0.39, 0.29) is 11.7 Å². The highest BCUT2D eigenvalue weighted by Crippen LogP contribution is 2.36. The quantitative estimate of drug-likeness (QED) is 0.593. The van der Waals surface area contributed by atoms with E-state index in [1.54, 1.807) is 37.6 Å². The smallest absolute Gasteiger partial charge is 0.230 e. The topological polar surface area (TPSA) is 89.0 Å². The monoisotopic (exact) mass is 435 g/mol. The molecule has 0 spiro atoms. The summed E-state index contributed by atoms with van der Waals surface area (Å²) in [6.45, 7) is 1.23. The molecule has 166 valence electrons. The number of rotatable bonds is 7. The van der Waals surface area contributed by atoms with Crippen molar-refractivity contribution < 1.29 is 13.9 Å². The summed E-state index contributed by atoms with van der Waals surface area (Å²) < 4.78 is 20.1. The molecule has 0 aliphatic carbocycles. The normalized spacial score (nSPS) is 15.2. The van der Waals surface area contributed by atoms with Gasteiger partial charge < -0.3 is 15.4 Å². The van der Waals surface area contributed by atoms with Crippen LogP contribution >= 0.6 is 0 Å². The summed E-state index contributed by atoms with van der Waals surface area (Å²) >= 11 is 0. The van der Waals surface area contributed by atoms with Gasteiger partial charge in [0, 0.05) is 68.5 Å². The van der Waals surface area contributed by atoms with Crippen molar-refractivity contribution in [2.45, 2.75) is 24.7 Å². The number of nitrogens with zero attached hydrogens (tertiary/aromatic N) is 3. The predicted octanol–water partition coefficient (Wildman–Crippen LogP) is 3.13. The average Bonchev–Trinajstić information content (AvgIpc) is 2.85. The maximum Gasteiger partial charge on any atom is 0.230 e. The minimum Gasteiger partial charge on any atom is -0.381 e. The second kappa shape index (κ2) is 9.82. The van der Waals surface area contributed by atoms with Gasteiger partial charge in [0.25, 0.3) is 0 Å². The number of carbonyl (C=O) groups is 1. The molecule has 7 nitrogen and oxygen atoms in total. The minimum absolute atomic E-state index is 0.178. The molecular weight excluding hydrogens is 409 g/mol. The van der Waals surface area contributed by atoms with Gasteiger partial charge in [-0.15, -0.1) is 0 Å². The number of carbonyl (C=O) groups excluding carboxylic acids is 1. The van der Waals surface area contributed by atoms with Gasteiger partial charge in [0.15, 0.2) is 5.82 Å². The lowest BCUT2D eigenvalue weighted by Gasteiger charge is -2.36. The van der Waals surface area contributed by atoms with Crippen LogP contribution in [0.4, 0.5) is 10.2 Å². The van der Waals surface area contributed by atoms with Crippen LogP contribution in [0.3, 0.4) is 0 Å². The number of hydrogen-bond acceptors (Lipinski definition) is 6. The predicted molar refractivity (Wildman–Crippen MR) is 120 cm³/mol. The van der Waals surface area contributed by atoms with Crippen LogP contribution in [0.2, 0.25) is 0 Å². The van der Waals surface area contributed by atoms with Crippen molar-refractivity contribution in [3.8, 4) is 11.4 Å². The third-order valence-corrected chi connectivity index (χ3v) is 5.81. The Morgan fingerprint density at radius 2 is 1.88 bits per heavy atom. The fraction of sp³-hybridized carbons (Fsp3) is 0.333. The van der Waals surface area contributed by atoms with E-state index in [2.05, 4.69) is 25.6 Å². The largest absolute Gasteiger partial charge is 0.381 e.